The van der Waals surface area contributed by atoms with E-state index in [-0.39, 0.29) is 17.3 Å². The zero-order valence-corrected chi connectivity index (χ0v) is 16.2. The maximum atomic E-state index is 14.0. The van der Waals surface area contributed by atoms with E-state index in [0.29, 0.717) is 11.5 Å². The maximum absolute atomic E-state index is 14.0. The van der Waals surface area contributed by atoms with Gasteiger partial charge in [0, 0.05) is 37.0 Å². The summed E-state index contributed by atoms with van der Waals surface area (Å²) in [5.41, 5.74) is -0.129. The van der Waals surface area contributed by atoms with E-state index in [1.807, 2.05) is 11.8 Å². The lowest BCUT2D eigenvalue weighted by Crippen LogP contribution is -2.33. The molecule has 1 N–H and O–H groups in total. The van der Waals surface area contributed by atoms with Crippen LogP contribution in [0, 0.1) is 5.82 Å². The van der Waals surface area contributed by atoms with E-state index in [0.717, 1.165) is 29.3 Å². The Morgan fingerprint density at radius 1 is 1.32 bits per heavy atom. The lowest BCUT2D eigenvalue weighted by Gasteiger charge is -2.27. The Labute approximate surface area is 168 Å². The van der Waals surface area contributed by atoms with Crippen molar-refractivity contribution >= 4 is 46.4 Å². The van der Waals surface area contributed by atoms with Crippen molar-refractivity contribution in [2.75, 3.05) is 34.8 Å². The second-order valence-corrected chi connectivity index (χ2v) is 7.77. The molecule has 2 aromatic heterocycles. The molecule has 1 aliphatic heterocycles. The molecule has 8 nitrogen and oxygen atoms in total. The monoisotopic (exact) mass is 422 g/mol. The predicted molar refractivity (Wildman–Crippen MR) is 107 cm³/mol. The molecule has 146 valence electrons. The van der Waals surface area contributed by atoms with Crippen LogP contribution in [-0.4, -0.2) is 49.7 Å². The number of anilines is 2. The molecular weight excluding hydrogens is 407 g/mol. The van der Waals surface area contributed by atoms with Crippen molar-refractivity contribution in [3.05, 3.63) is 51.9 Å². The summed E-state index contributed by atoms with van der Waals surface area (Å²) in [5.74, 6) is 1.24. The van der Waals surface area contributed by atoms with Gasteiger partial charge in [-0.15, -0.1) is 5.10 Å². The van der Waals surface area contributed by atoms with Gasteiger partial charge in [-0.1, -0.05) is 17.7 Å². The summed E-state index contributed by atoms with van der Waals surface area (Å²) >= 11 is 7.58. The maximum Gasteiger partial charge on any atom is 0.350 e. The molecule has 28 heavy (non-hydrogen) atoms. The minimum Gasteiger partial charge on any atom is -0.352 e. The Kier molecular flexibility index (Phi) is 5.23. The van der Waals surface area contributed by atoms with Crippen molar-refractivity contribution in [2.45, 2.75) is 6.54 Å². The number of nitrogens with one attached hydrogen (secondary N) is 1. The Morgan fingerprint density at radius 3 is 2.89 bits per heavy atom. The van der Waals surface area contributed by atoms with Crippen LogP contribution in [0.3, 0.4) is 0 Å². The highest BCUT2D eigenvalue weighted by molar-refractivity contribution is 7.99. The van der Waals surface area contributed by atoms with Gasteiger partial charge in [0.1, 0.15) is 6.54 Å². The first-order chi connectivity index (χ1) is 13.5. The molecule has 11 heteroatoms. The summed E-state index contributed by atoms with van der Waals surface area (Å²) in [4.78, 5) is 31.4. The number of nitrogens with zero attached hydrogens (tertiary/aromatic N) is 5. The number of fused-ring (bicyclic) bond motifs is 1. The third kappa shape index (κ3) is 3.57. The zero-order chi connectivity index (χ0) is 19.7. The molecule has 4 rings (SSSR count). The molecule has 0 spiro atoms. The molecular formula is C17H16ClFN6O2S. The topological polar surface area (TPSA) is 84.5 Å². The standard InChI is InChI=1S/C17H16ClFN6O2S/c18-11-2-1-3-12(14(11)19)21-13(26)10-25-17(27)24-5-4-20-15(16(24)22-25)23-6-8-28-9-7-23/h1-5H,6-10H2,(H,21,26). The van der Waals surface area contributed by atoms with Gasteiger partial charge >= 0.3 is 5.69 Å². The van der Waals surface area contributed by atoms with Crippen LogP contribution < -0.4 is 15.9 Å². The van der Waals surface area contributed by atoms with Crippen LogP contribution in [0.1, 0.15) is 0 Å². The Bertz CT molecular complexity index is 1090. The number of hydrogen-bond donors (Lipinski definition) is 1. The normalized spacial score (nSPS) is 14.4. The van der Waals surface area contributed by atoms with E-state index in [2.05, 4.69) is 20.3 Å². The number of aromatic nitrogens is 4. The molecule has 1 fully saturated rings. The second kappa shape index (κ2) is 7.80. The van der Waals surface area contributed by atoms with Crippen molar-refractivity contribution in [3.63, 3.8) is 0 Å². The van der Waals surface area contributed by atoms with E-state index in [9.17, 15) is 14.0 Å². The molecule has 0 unspecified atom stereocenters. The average Bonchev–Trinajstić information content (AvgIpc) is 3.02. The first-order valence-electron chi connectivity index (χ1n) is 8.55. The molecule has 1 saturated heterocycles. The van der Waals surface area contributed by atoms with Crippen molar-refractivity contribution in [1.29, 1.82) is 0 Å². The third-order valence-corrected chi connectivity index (χ3v) is 5.55. The van der Waals surface area contributed by atoms with Crippen molar-refractivity contribution < 1.29 is 9.18 Å². The summed E-state index contributed by atoms with van der Waals surface area (Å²) in [6, 6.07) is 4.29. The molecule has 0 saturated carbocycles. The minimum absolute atomic E-state index is 0.0533. The molecule has 3 aromatic rings. The molecule has 1 aliphatic rings. The van der Waals surface area contributed by atoms with Gasteiger partial charge in [-0.05, 0) is 12.1 Å². The second-order valence-electron chi connectivity index (χ2n) is 6.13. The Morgan fingerprint density at radius 2 is 2.11 bits per heavy atom. The van der Waals surface area contributed by atoms with Crippen molar-refractivity contribution in [3.8, 4) is 0 Å². The van der Waals surface area contributed by atoms with Crippen LogP contribution in [0.2, 0.25) is 5.02 Å². The van der Waals surface area contributed by atoms with Gasteiger partial charge in [-0.25, -0.2) is 23.3 Å². The fourth-order valence-electron chi connectivity index (χ4n) is 2.96. The fraction of sp³-hybridized carbons (Fsp3) is 0.294. The number of amides is 1. The summed E-state index contributed by atoms with van der Waals surface area (Å²) in [5, 5.41) is 6.60. The van der Waals surface area contributed by atoms with Gasteiger partial charge in [0.05, 0.1) is 10.7 Å². The molecule has 0 aliphatic carbocycles. The van der Waals surface area contributed by atoms with E-state index >= 15 is 0 Å². The van der Waals surface area contributed by atoms with Gasteiger partial charge in [-0.2, -0.15) is 11.8 Å². The van der Waals surface area contributed by atoms with E-state index in [1.165, 1.54) is 28.8 Å². The Balaban J connectivity index is 1.60. The zero-order valence-electron chi connectivity index (χ0n) is 14.6. The number of benzene rings is 1. The molecule has 0 atom stereocenters. The highest BCUT2D eigenvalue weighted by atomic mass is 35.5. The number of hydrogen-bond acceptors (Lipinski definition) is 6. The minimum atomic E-state index is -0.727. The summed E-state index contributed by atoms with van der Waals surface area (Å²) in [7, 11) is 0. The number of carbonyl (C=O) groups is 1. The summed E-state index contributed by atoms with van der Waals surface area (Å²) < 4.78 is 16.4. The van der Waals surface area contributed by atoms with Crippen molar-refractivity contribution in [2.24, 2.45) is 0 Å². The van der Waals surface area contributed by atoms with Gasteiger partial charge in [0.25, 0.3) is 0 Å². The quantitative estimate of drug-likeness (QED) is 0.691. The summed E-state index contributed by atoms with van der Waals surface area (Å²) in [6.45, 7) is 1.27. The lowest BCUT2D eigenvalue weighted by molar-refractivity contribution is -0.117. The molecule has 1 aromatic carbocycles. The van der Waals surface area contributed by atoms with Crippen LogP contribution in [0.4, 0.5) is 15.9 Å². The van der Waals surface area contributed by atoms with Gasteiger partial charge in [0.15, 0.2) is 11.6 Å². The lowest BCUT2D eigenvalue weighted by atomic mass is 10.3. The largest absolute Gasteiger partial charge is 0.352 e. The average molecular weight is 423 g/mol. The number of halogens is 2. The predicted octanol–water partition coefficient (Wildman–Crippen LogP) is 1.88. The highest BCUT2D eigenvalue weighted by Crippen LogP contribution is 2.22. The van der Waals surface area contributed by atoms with Gasteiger partial charge in [-0.3, -0.25) is 4.79 Å². The number of carbonyl (C=O) groups excluding carboxylic acids is 1. The van der Waals surface area contributed by atoms with Gasteiger partial charge < -0.3 is 10.2 Å². The van der Waals surface area contributed by atoms with E-state index in [1.54, 1.807) is 6.20 Å². The first-order valence-corrected chi connectivity index (χ1v) is 10.1. The number of rotatable bonds is 4. The van der Waals surface area contributed by atoms with Gasteiger partial charge in [0.2, 0.25) is 11.6 Å². The van der Waals surface area contributed by atoms with Crippen LogP contribution >= 0.6 is 23.4 Å². The highest BCUT2D eigenvalue weighted by Gasteiger charge is 2.20. The first kappa shape index (κ1) is 18.8. The molecule has 0 bridgehead atoms. The summed E-state index contributed by atoms with van der Waals surface area (Å²) in [6.07, 6.45) is 3.05. The van der Waals surface area contributed by atoms with Crippen molar-refractivity contribution in [1.82, 2.24) is 19.2 Å². The Hall–Kier alpha value is -2.59. The van der Waals surface area contributed by atoms with Crippen LogP contribution in [-0.2, 0) is 11.3 Å². The van der Waals surface area contributed by atoms with E-state index < -0.39 is 17.4 Å². The van der Waals surface area contributed by atoms with Crippen LogP contribution in [0.25, 0.3) is 5.65 Å². The number of thioether (sulfide) groups is 1. The SMILES string of the molecule is O=C(Cn1nc2c(N3CCSCC3)nccn2c1=O)Nc1cccc(Cl)c1F. The fourth-order valence-corrected chi connectivity index (χ4v) is 4.04. The molecule has 0 radical (unpaired) electrons. The van der Waals surface area contributed by atoms with E-state index in [4.69, 9.17) is 11.6 Å². The third-order valence-electron chi connectivity index (χ3n) is 4.31. The van der Waals surface area contributed by atoms with Crippen LogP contribution in [0.15, 0.2) is 35.4 Å². The molecule has 3 heterocycles. The smallest absolute Gasteiger partial charge is 0.350 e. The molecule has 1 amide bonds. The van der Waals surface area contributed by atoms with Crippen LogP contribution in [0.5, 0.6) is 0 Å².